The van der Waals surface area contributed by atoms with Gasteiger partial charge in [-0.25, -0.2) is 15.0 Å². The van der Waals surface area contributed by atoms with Gasteiger partial charge < -0.3 is 20.3 Å². The number of nitrogens with zero attached hydrogens (tertiary/aromatic N) is 5. The average Bonchev–Trinajstić information content (AvgIpc) is 3.25. The zero-order valence-electron chi connectivity index (χ0n) is 19.9. The largest absolute Gasteiger partial charge is 0.491 e. The molecule has 0 bridgehead atoms. The molecule has 3 aromatic rings. The van der Waals surface area contributed by atoms with Crippen LogP contribution in [0.1, 0.15) is 33.1 Å². The van der Waals surface area contributed by atoms with Crippen molar-refractivity contribution in [3.8, 4) is 11.4 Å². The van der Waals surface area contributed by atoms with E-state index in [0.717, 1.165) is 43.9 Å². The van der Waals surface area contributed by atoms with E-state index in [9.17, 15) is 4.79 Å². The number of aromatic nitrogens is 4. The minimum Gasteiger partial charge on any atom is -0.491 e. The van der Waals surface area contributed by atoms with Crippen LogP contribution >= 0.6 is 0 Å². The summed E-state index contributed by atoms with van der Waals surface area (Å²) < 4.78 is 6.65. The van der Waals surface area contributed by atoms with Gasteiger partial charge in [-0.3, -0.25) is 9.36 Å². The normalized spacial score (nSPS) is 21.1. The molecule has 178 valence electrons. The summed E-state index contributed by atoms with van der Waals surface area (Å²) in [7, 11) is 1.49. The van der Waals surface area contributed by atoms with Crippen molar-refractivity contribution in [2.75, 3.05) is 35.7 Å². The van der Waals surface area contributed by atoms with Gasteiger partial charge in [0.05, 0.1) is 37.1 Å². The number of hydrogen-bond donors (Lipinski definition) is 2. The molecule has 0 spiro atoms. The third-order valence-corrected chi connectivity index (χ3v) is 6.52. The van der Waals surface area contributed by atoms with Gasteiger partial charge in [-0.1, -0.05) is 13.8 Å². The van der Waals surface area contributed by atoms with Crippen molar-refractivity contribution in [2.45, 2.75) is 45.2 Å². The first-order valence-electron chi connectivity index (χ1n) is 11.7. The van der Waals surface area contributed by atoms with E-state index in [-0.39, 0.29) is 5.56 Å². The van der Waals surface area contributed by atoms with Crippen molar-refractivity contribution in [1.82, 2.24) is 19.5 Å². The minimum atomic E-state index is -0.207. The summed E-state index contributed by atoms with van der Waals surface area (Å²) in [4.78, 5) is 28.3. The quantitative estimate of drug-likeness (QED) is 0.553. The maximum atomic E-state index is 12.4. The Labute approximate surface area is 199 Å². The van der Waals surface area contributed by atoms with Gasteiger partial charge in [-0.15, -0.1) is 0 Å². The van der Waals surface area contributed by atoms with Crippen molar-refractivity contribution in [2.24, 2.45) is 5.41 Å². The summed E-state index contributed by atoms with van der Waals surface area (Å²) in [6, 6.07) is 7.86. The SMILES string of the molecule is COc1cccn(-c2ccc(N[C@H]3CC[C@H](Nc4ncc(N5CC(C)(C)C5)cn4)C3)nc2)c1=O. The van der Waals surface area contributed by atoms with Crippen LogP contribution in [-0.2, 0) is 0 Å². The Kier molecular flexibility index (Phi) is 5.85. The standard InChI is InChI=1S/C25H31N7O2/c1-25(2)15-31(16-25)20-13-27-24(28-14-20)30-18-7-6-17(11-18)29-22-9-8-19(12-26-22)32-10-4-5-21(34-3)23(32)33/h4-5,8-10,12-14,17-18H,6-7,11,15-16H2,1-3H3,(H,26,29)(H,27,28,30)/t17-,18-/m0/s1. The first-order valence-corrected chi connectivity index (χ1v) is 11.7. The molecule has 9 heteroatoms. The molecule has 9 nitrogen and oxygen atoms in total. The Balaban J connectivity index is 1.14. The molecule has 2 fully saturated rings. The van der Waals surface area contributed by atoms with Gasteiger partial charge in [0.15, 0.2) is 5.75 Å². The molecule has 0 aromatic carbocycles. The van der Waals surface area contributed by atoms with Crippen LogP contribution < -0.4 is 25.8 Å². The first kappa shape index (κ1) is 22.2. The van der Waals surface area contributed by atoms with Crippen LogP contribution in [0, 0.1) is 5.41 Å². The number of ether oxygens (including phenoxy) is 1. The fraction of sp³-hybridized carbons (Fsp3) is 0.440. The van der Waals surface area contributed by atoms with Crippen molar-refractivity contribution in [3.63, 3.8) is 0 Å². The second kappa shape index (κ2) is 8.96. The van der Waals surface area contributed by atoms with Crippen LogP contribution in [0.25, 0.3) is 5.69 Å². The molecule has 2 N–H and O–H groups in total. The number of nitrogens with one attached hydrogen (secondary N) is 2. The Morgan fingerprint density at radius 1 is 0.971 bits per heavy atom. The molecule has 2 atom stereocenters. The number of anilines is 3. The molecule has 34 heavy (non-hydrogen) atoms. The molecule has 0 amide bonds. The Bertz CT molecular complexity index is 1180. The van der Waals surface area contributed by atoms with Gasteiger partial charge >= 0.3 is 0 Å². The highest BCUT2D eigenvalue weighted by molar-refractivity contribution is 5.48. The predicted octanol–water partition coefficient (Wildman–Crippen LogP) is 3.32. The predicted molar refractivity (Wildman–Crippen MR) is 133 cm³/mol. The van der Waals surface area contributed by atoms with E-state index in [1.54, 1.807) is 24.5 Å². The summed E-state index contributed by atoms with van der Waals surface area (Å²) in [6.45, 7) is 6.64. The van der Waals surface area contributed by atoms with Gasteiger partial charge in [0.25, 0.3) is 5.56 Å². The fourth-order valence-electron chi connectivity index (χ4n) is 4.81. The molecule has 1 saturated carbocycles. The number of rotatable bonds is 7. The van der Waals surface area contributed by atoms with Crippen molar-refractivity contribution in [3.05, 3.63) is 59.4 Å². The molecule has 0 unspecified atom stereocenters. The van der Waals surface area contributed by atoms with Crippen molar-refractivity contribution in [1.29, 1.82) is 0 Å². The molecule has 3 aromatic heterocycles. The lowest BCUT2D eigenvalue weighted by Gasteiger charge is -2.47. The van der Waals surface area contributed by atoms with Crippen LogP contribution in [0.2, 0.25) is 0 Å². The second-order valence-corrected chi connectivity index (χ2v) is 9.93. The van der Waals surface area contributed by atoms with E-state index in [0.29, 0.717) is 34.9 Å². The molecule has 0 radical (unpaired) electrons. The molecule has 5 rings (SSSR count). The molecule has 2 aliphatic rings. The van der Waals surface area contributed by atoms with Crippen LogP contribution in [0.15, 0.2) is 53.8 Å². The highest BCUT2D eigenvalue weighted by Gasteiger charge is 2.34. The highest BCUT2D eigenvalue weighted by atomic mass is 16.5. The molecule has 4 heterocycles. The lowest BCUT2D eigenvalue weighted by atomic mass is 9.84. The van der Waals surface area contributed by atoms with E-state index in [2.05, 4.69) is 44.3 Å². The van der Waals surface area contributed by atoms with Crippen molar-refractivity contribution < 1.29 is 4.74 Å². The van der Waals surface area contributed by atoms with Gasteiger partial charge in [-0.2, -0.15) is 0 Å². The summed E-state index contributed by atoms with van der Waals surface area (Å²) in [5.74, 6) is 1.78. The summed E-state index contributed by atoms with van der Waals surface area (Å²) >= 11 is 0. The molecular weight excluding hydrogens is 430 g/mol. The average molecular weight is 462 g/mol. The van der Waals surface area contributed by atoms with E-state index in [1.807, 2.05) is 24.5 Å². The summed E-state index contributed by atoms with van der Waals surface area (Å²) in [6.07, 6.45) is 10.3. The summed E-state index contributed by atoms with van der Waals surface area (Å²) in [5, 5.41) is 6.98. The zero-order chi connectivity index (χ0) is 23.7. The molecule has 1 aliphatic carbocycles. The fourth-order valence-corrected chi connectivity index (χ4v) is 4.81. The van der Waals surface area contributed by atoms with Crippen LogP contribution in [-0.4, -0.2) is 51.8 Å². The van der Waals surface area contributed by atoms with Gasteiger partial charge in [-0.05, 0) is 48.9 Å². The van der Waals surface area contributed by atoms with E-state index in [1.165, 1.54) is 11.7 Å². The Morgan fingerprint density at radius 3 is 2.32 bits per heavy atom. The van der Waals surface area contributed by atoms with Crippen LogP contribution in [0.3, 0.4) is 0 Å². The van der Waals surface area contributed by atoms with E-state index in [4.69, 9.17) is 4.74 Å². The smallest absolute Gasteiger partial charge is 0.297 e. The highest BCUT2D eigenvalue weighted by Crippen LogP contribution is 2.33. The monoisotopic (exact) mass is 461 g/mol. The number of hydrogen-bond acceptors (Lipinski definition) is 8. The van der Waals surface area contributed by atoms with E-state index < -0.39 is 0 Å². The topological polar surface area (TPSA) is 97.2 Å². The van der Waals surface area contributed by atoms with E-state index >= 15 is 0 Å². The lowest BCUT2D eigenvalue weighted by Crippen LogP contribution is -2.53. The van der Waals surface area contributed by atoms with Crippen LogP contribution in [0.5, 0.6) is 5.75 Å². The lowest BCUT2D eigenvalue weighted by molar-refractivity contribution is 0.276. The third-order valence-electron chi connectivity index (χ3n) is 6.52. The number of methoxy groups -OCH3 is 1. The zero-order valence-corrected chi connectivity index (χ0v) is 19.9. The second-order valence-electron chi connectivity index (χ2n) is 9.93. The maximum absolute atomic E-state index is 12.4. The minimum absolute atomic E-state index is 0.207. The first-order chi connectivity index (χ1) is 16.4. The van der Waals surface area contributed by atoms with Crippen LogP contribution in [0.4, 0.5) is 17.5 Å². The maximum Gasteiger partial charge on any atom is 0.297 e. The summed E-state index contributed by atoms with van der Waals surface area (Å²) in [5.41, 5.74) is 1.95. The Morgan fingerprint density at radius 2 is 1.68 bits per heavy atom. The van der Waals surface area contributed by atoms with Gasteiger partial charge in [0.2, 0.25) is 5.95 Å². The van der Waals surface area contributed by atoms with Gasteiger partial charge in [0.1, 0.15) is 5.82 Å². The van der Waals surface area contributed by atoms with Gasteiger partial charge in [0, 0.05) is 31.4 Å². The Hall–Kier alpha value is -3.62. The number of pyridine rings is 2. The molecule has 1 saturated heterocycles. The third kappa shape index (κ3) is 4.69. The van der Waals surface area contributed by atoms with Crippen molar-refractivity contribution >= 4 is 17.5 Å². The molecule has 1 aliphatic heterocycles. The molecular formula is C25H31N7O2.